The van der Waals surface area contributed by atoms with Gasteiger partial charge in [-0.3, -0.25) is 0 Å². The van der Waals surface area contributed by atoms with Gasteiger partial charge in [-0.25, -0.2) is 13.2 Å². The van der Waals surface area contributed by atoms with E-state index in [0.717, 1.165) is 22.5 Å². The van der Waals surface area contributed by atoms with Gasteiger partial charge in [-0.05, 0) is 29.3 Å². The fourth-order valence-corrected chi connectivity index (χ4v) is 5.17. The van der Waals surface area contributed by atoms with E-state index in [9.17, 15) is 13.2 Å². The van der Waals surface area contributed by atoms with Crippen LogP contribution in [0.2, 0.25) is 0 Å². The van der Waals surface area contributed by atoms with Crippen molar-refractivity contribution in [3.8, 4) is 16.9 Å². The van der Waals surface area contributed by atoms with Gasteiger partial charge in [-0.15, -0.1) is 11.3 Å². The third-order valence-electron chi connectivity index (χ3n) is 3.86. The van der Waals surface area contributed by atoms with E-state index in [4.69, 9.17) is 9.84 Å². The Balaban J connectivity index is 1.98. The molecule has 0 fully saturated rings. The molecule has 0 unspecified atom stereocenters. The predicted molar refractivity (Wildman–Crippen MR) is 101 cm³/mol. The number of carbonyl (C=O) groups is 1. The molecule has 0 radical (unpaired) electrons. The molecule has 1 heterocycles. The highest BCUT2D eigenvalue weighted by atomic mass is 32.2. The summed E-state index contributed by atoms with van der Waals surface area (Å²) >= 11 is 0.908. The number of ether oxygens (including phenoxy) is 1. The second-order valence-corrected chi connectivity index (χ2v) is 8.74. The third kappa shape index (κ3) is 3.79. The zero-order valence-corrected chi connectivity index (χ0v) is 15.5. The zero-order valence-electron chi connectivity index (χ0n) is 13.9. The maximum Gasteiger partial charge on any atom is 0.336 e. The van der Waals surface area contributed by atoms with Crippen LogP contribution in [0, 0.1) is 0 Å². The summed E-state index contributed by atoms with van der Waals surface area (Å²) in [5.74, 6) is -0.939. The third-order valence-corrected chi connectivity index (χ3v) is 7.06. The van der Waals surface area contributed by atoms with Crippen molar-refractivity contribution in [2.45, 2.75) is 9.96 Å². The van der Waals surface area contributed by atoms with E-state index in [1.54, 1.807) is 12.1 Å². The molecule has 7 heteroatoms. The fraction of sp³-hybridized carbons (Fsp3) is 0.105. The number of aromatic carboxylic acids is 1. The number of thiophene rings is 1. The summed E-state index contributed by atoms with van der Waals surface area (Å²) in [5.41, 5.74) is 2.35. The molecule has 3 rings (SSSR count). The molecule has 5 nitrogen and oxygen atoms in total. The first-order valence-electron chi connectivity index (χ1n) is 7.67. The lowest BCUT2D eigenvalue weighted by molar-refractivity contribution is 0.0697. The molecule has 134 valence electrons. The molecule has 1 aromatic heterocycles. The molecule has 0 aliphatic rings. The molecule has 0 bridgehead atoms. The van der Waals surface area contributed by atoms with E-state index in [2.05, 4.69) is 0 Å². The van der Waals surface area contributed by atoms with E-state index in [-0.39, 0.29) is 15.5 Å². The highest BCUT2D eigenvalue weighted by molar-refractivity contribution is 7.92. The minimum Gasteiger partial charge on any atom is -0.496 e. The van der Waals surface area contributed by atoms with Gasteiger partial charge in [0, 0.05) is 10.9 Å². The summed E-state index contributed by atoms with van der Waals surface area (Å²) in [4.78, 5) is 11.0. The molecule has 3 aromatic rings. The molecule has 0 amide bonds. The number of carboxylic acid groups (broad SMARTS) is 1. The number of hydrogen-bond donors (Lipinski definition) is 1. The summed E-state index contributed by atoms with van der Waals surface area (Å²) in [5, 5.41) is 10.3. The first-order chi connectivity index (χ1) is 12.4. The van der Waals surface area contributed by atoms with E-state index in [0.29, 0.717) is 11.3 Å². The van der Waals surface area contributed by atoms with Gasteiger partial charge in [-0.1, -0.05) is 36.4 Å². The van der Waals surface area contributed by atoms with Crippen molar-refractivity contribution < 1.29 is 23.1 Å². The molecular weight excluding hydrogens is 372 g/mol. The minimum absolute atomic E-state index is 0.0291. The van der Waals surface area contributed by atoms with Crippen LogP contribution in [0.25, 0.3) is 11.1 Å². The van der Waals surface area contributed by atoms with E-state index < -0.39 is 15.8 Å². The molecule has 1 N–H and O–H groups in total. The number of benzene rings is 2. The second kappa shape index (κ2) is 7.31. The van der Waals surface area contributed by atoms with Crippen LogP contribution in [0.5, 0.6) is 5.75 Å². The van der Waals surface area contributed by atoms with Gasteiger partial charge in [0.15, 0.2) is 9.84 Å². The Labute approximate surface area is 155 Å². The largest absolute Gasteiger partial charge is 0.496 e. The lowest BCUT2D eigenvalue weighted by atomic mass is 10.0. The summed E-state index contributed by atoms with van der Waals surface area (Å²) in [6.07, 6.45) is 0. The topological polar surface area (TPSA) is 80.7 Å². The van der Waals surface area contributed by atoms with Crippen molar-refractivity contribution in [3.63, 3.8) is 0 Å². The van der Waals surface area contributed by atoms with Crippen LogP contribution in [0.3, 0.4) is 0 Å². The van der Waals surface area contributed by atoms with Crippen LogP contribution >= 0.6 is 11.3 Å². The Bertz CT molecular complexity index is 1040. The minimum atomic E-state index is -3.68. The summed E-state index contributed by atoms with van der Waals surface area (Å²) < 4.78 is 30.8. The number of hydrogen-bond acceptors (Lipinski definition) is 5. The SMILES string of the molecule is COc1ccc(-c2ccccc2)cc1CS(=O)(=O)c1cc(C(=O)O)cs1. The number of methoxy groups -OCH3 is 1. The number of rotatable bonds is 6. The van der Waals surface area contributed by atoms with Crippen molar-refractivity contribution in [3.05, 3.63) is 71.1 Å². The highest BCUT2D eigenvalue weighted by Gasteiger charge is 2.22. The summed E-state index contributed by atoms with van der Waals surface area (Å²) in [6, 6.07) is 16.2. The van der Waals surface area contributed by atoms with Crippen LogP contribution < -0.4 is 4.74 Å². The van der Waals surface area contributed by atoms with Crippen LogP contribution in [0.15, 0.2) is 64.2 Å². The molecule has 26 heavy (non-hydrogen) atoms. The van der Waals surface area contributed by atoms with Crippen LogP contribution in [0.4, 0.5) is 0 Å². The van der Waals surface area contributed by atoms with Gasteiger partial charge in [0.2, 0.25) is 0 Å². The highest BCUT2D eigenvalue weighted by Crippen LogP contribution is 2.31. The molecule has 2 aromatic carbocycles. The average Bonchev–Trinajstić information content (AvgIpc) is 3.14. The van der Waals surface area contributed by atoms with Crippen molar-refractivity contribution in [1.29, 1.82) is 0 Å². The van der Waals surface area contributed by atoms with Crippen LogP contribution in [-0.4, -0.2) is 26.6 Å². The normalized spacial score (nSPS) is 11.3. The maximum atomic E-state index is 12.7. The predicted octanol–water partition coefficient (Wildman–Crippen LogP) is 4.10. The van der Waals surface area contributed by atoms with Crippen molar-refractivity contribution in [2.75, 3.05) is 7.11 Å². The quantitative estimate of drug-likeness (QED) is 0.688. The molecule has 0 aliphatic carbocycles. The Kier molecular flexibility index (Phi) is 5.11. The van der Waals surface area contributed by atoms with Gasteiger partial charge in [0.25, 0.3) is 0 Å². The van der Waals surface area contributed by atoms with Crippen molar-refractivity contribution >= 4 is 27.1 Å². The van der Waals surface area contributed by atoms with E-state index >= 15 is 0 Å². The molecule has 0 saturated carbocycles. The van der Waals surface area contributed by atoms with Gasteiger partial charge >= 0.3 is 5.97 Å². The van der Waals surface area contributed by atoms with Gasteiger partial charge in [-0.2, -0.15) is 0 Å². The fourth-order valence-electron chi connectivity index (χ4n) is 2.57. The molecule has 0 spiro atoms. The van der Waals surface area contributed by atoms with Crippen molar-refractivity contribution in [1.82, 2.24) is 0 Å². The summed E-state index contributed by atoms with van der Waals surface area (Å²) in [7, 11) is -2.19. The zero-order chi connectivity index (χ0) is 18.7. The number of carboxylic acids is 1. The average molecular weight is 388 g/mol. The van der Waals surface area contributed by atoms with E-state index in [1.807, 2.05) is 36.4 Å². The maximum absolute atomic E-state index is 12.7. The van der Waals surface area contributed by atoms with Gasteiger partial charge < -0.3 is 9.84 Å². The van der Waals surface area contributed by atoms with Gasteiger partial charge in [0.05, 0.1) is 18.4 Å². The Morgan fingerprint density at radius 3 is 2.42 bits per heavy atom. The molecular formula is C19H16O5S2. The standard InChI is InChI=1S/C19H16O5S2/c1-24-17-8-7-14(13-5-3-2-4-6-13)9-16(17)12-26(22,23)18-10-15(11-25-18)19(20)21/h2-11H,12H2,1H3,(H,20,21). The van der Waals surface area contributed by atoms with E-state index in [1.165, 1.54) is 18.6 Å². The first-order valence-corrected chi connectivity index (χ1v) is 10.2. The molecule has 0 saturated heterocycles. The number of sulfone groups is 1. The lowest BCUT2D eigenvalue weighted by Gasteiger charge is -2.11. The second-order valence-electron chi connectivity index (χ2n) is 5.61. The Morgan fingerprint density at radius 1 is 1.08 bits per heavy atom. The van der Waals surface area contributed by atoms with Crippen LogP contribution in [0.1, 0.15) is 15.9 Å². The summed E-state index contributed by atoms with van der Waals surface area (Å²) in [6.45, 7) is 0. The Hall–Kier alpha value is -2.64. The van der Waals surface area contributed by atoms with Crippen LogP contribution in [-0.2, 0) is 15.6 Å². The lowest BCUT2D eigenvalue weighted by Crippen LogP contribution is -2.05. The van der Waals surface area contributed by atoms with Gasteiger partial charge in [0.1, 0.15) is 9.96 Å². The Morgan fingerprint density at radius 2 is 1.81 bits per heavy atom. The molecule has 0 aliphatic heterocycles. The first kappa shape index (κ1) is 18.2. The molecule has 0 atom stereocenters. The monoisotopic (exact) mass is 388 g/mol. The van der Waals surface area contributed by atoms with Crippen molar-refractivity contribution in [2.24, 2.45) is 0 Å². The smallest absolute Gasteiger partial charge is 0.336 e.